The Morgan fingerprint density at radius 3 is 0.906 bits per heavy atom. The number of ether oxygens (including phenoxy) is 3. The Labute approximate surface area is 397 Å². The normalized spacial score (nSPS) is 12.2. The first-order chi connectivity index (χ1) is 31.5. The lowest BCUT2D eigenvalue weighted by Crippen LogP contribution is -2.30. The van der Waals surface area contributed by atoms with E-state index < -0.39 is 6.10 Å². The molecule has 0 aromatic rings. The monoisotopic (exact) mass is 899 g/mol. The number of carbonyl (C=O) groups is 3. The van der Waals surface area contributed by atoms with Crippen molar-refractivity contribution in [2.45, 2.75) is 303 Å². The SMILES string of the molecule is CCCCC/C=C\C/C=C\CCCCCCCC(=O)OC(COC(=O)CCCCCCC/C=C\CCCCCCC)COC(=O)CCCCCCCCCCCCCCCCCCC. The van der Waals surface area contributed by atoms with Crippen LogP contribution in [0.1, 0.15) is 297 Å². The quantitative estimate of drug-likeness (QED) is 0.0262. The van der Waals surface area contributed by atoms with Crippen LogP contribution >= 0.6 is 0 Å². The maximum atomic E-state index is 12.8. The predicted molar refractivity (Wildman–Crippen MR) is 275 cm³/mol. The van der Waals surface area contributed by atoms with Gasteiger partial charge in [0.15, 0.2) is 6.10 Å². The highest BCUT2D eigenvalue weighted by molar-refractivity contribution is 5.71. The van der Waals surface area contributed by atoms with Crippen LogP contribution in [0.25, 0.3) is 0 Å². The van der Waals surface area contributed by atoms with Crippen molar-refractivity contribution in [1.82, 2.24) is 0 Å². The van der Waals surface area contributed by atoms with Crippen molar-refractivity contribution in [2.75, 3.05) is 13.2 Å². The highest BCUT2D eigenvalue weighted by atomic mass is 16.6. The zero-order valence-corrected chi connectivity index (χ0v) is 42.8. The number of hydrogen-bond acceptors (Lipinski definition) is 6. The smallest absolute Gasteiger partial charge is 0.306 e. The second kappa shape index (κ2) is 53.2. The summed E-state index contributed by atoms with van der Waals surface area (Å²) in [5.74, 6) is -0.885. The molecule has 0 aromatic carbocycles. The zero-order valence-electron chi connectivity index (χ0n) is 42.8. The number of esters is 3. The van der Waals surface area contributed by atoms with E-state index in [2.05, 4.69) is 57.2 Å². The molecule has 0 aromatic heterocycles. The van der Waals surface area contributed by atoms with E-state index in [1.54, 1.807) is 0 Å². The Morgan fingerprint density at radius 1 is 0.312 bits per heavy atom. The van der Waals surface area contributed by atoms with Crippen LogP contribution in [0.15, 0.2) is 36.5 Å². The number of hydrogen-bond donors (Lipinski definition) is 0. The molecule has 0 aliphatic rings. The molecule has 6 nitrogen and oxygen atoms in total. The van der Waals surface area contributed by atoms with E-state index in [1.807, 2.05) is 0 Å². The molecular formula is C58H106O6. The van der Waals surface area contributed by atoms with Gasteiger partial charge in [-0.3, -0.25) is 14.4 Å². The van der Waals surface area contributed by atoms with Crippen LogP contribution in [0, 0.1) is 0 Å². The topological polar surface area (TPSA) is 78.9 Å². The molecule has 0 heterocycles. The third kappa shape index (κ3) is 50.6. The molecule has 0 aliphatic heterocycles. The Kier molecular flexibility index (Phi) is 51.3. The molecule has 0 radical (unpaired) electrons. The molecule has 0 fully saturated rings. The summed E-state index contributed by atoms with van der Waals surface area (Å²) in [6.45, 7) is 6.62. The highest BCUT2D eigenvalue weighted by Gasteiger charge is 2.19. The van der Waals surface area contributed by atoms with Crippen molar-refractivity contribution in [1.29, 1.82) is 0 Å². The van der Waals surface area contributed by atoms with Crippen LogP contribution in [-0.4, -0.2) is 37.2 Å². The third-order valence-electron chi connectivity index (χ3n) is 12.4. The average molecular weight is 899 g/mol. The highest BCUT2D eigenvalue weighted by Crippen LogP contribution is 2.16. The van der Waals surface area contributed by atoms with Crippen molar-refractivity contribution in [3.63, 3.8) is 0 Å². The first kappa shape index (κ1) is 61.6. The second-order valence-electron chi connectivity index (χ2n) is 18.8. The van der Waals surface area contributed by atoms with E-state index in [0.717, 1.165) is 89.9 Å². The van der Waals surface area contributed by atoms with Crippen molar-refractivity contribution in [3.8, 4) is 0 Å². The van der Waals surface area contributed by atoms with E-state index >= 15 is 0 Å². The minimum Gasteiger partial charge on any atom is -0.462 e. The van der Waals surface area contributed by atoms with Crippen molar-refractivity contribution in [2.24, 2.45) is 0 Å². The molecule has 374 valence electrons. The Balaban J connectivity index is 4.36. The van der Waals surface area contributed by atoms with E-state index in [4.69, 9.17) is 14.2 Å². The van der Waals surface area contributed by atoms with E-state index in [9.17, 15) is 14.4 Å². The minimum atomic E-state index is -0.779. The first-order valence-corrected chi connectivity index (χ1v) is 28.0. The molecule has 1 atom stereocenters. The fourth-order valence-electron chi connectivity index (χ4n) is 8.12. The molecule has 0 saturated heterocycles. The van der Waals surface area contributed by atoms with Gasteiger partial charge in [0.1, 0.15) is 13.2 Å². The molecule has 0 N–H and O–H groups in total. The van der Waals surface area contributed by atoms with E-state index in [1.165, 1.54) is 167 Å². The van der Waals surface area contributed by atoms with Crippen LogP contribution in [0.3, 0.4) is 0 Å². The number of carbonyl (C=O) groups excluding carboxylic acids is 3. The predicted octanol–water partition coefficient (Wildman–Crippen LogP) is 18.5. The van der Waals surface area contributed by atoms with Crippen molar-refractivity contribution in [3.05, 3.63) is 36.5 Å². The first-order valence-electron chi connectivity index (χ1n) is 28.0. The van der Waals surface area contributed by atoms with Crippen LogP contribution < -0.4 is 0 Å². The molecule has 0 saturated carbocycles. The Hall–Kier alpha value is -2.37. The van der Waals surface area contributed by atoms with E-state index in [-0.39, 0.29) is 31.1 Å². The summed E-state index contributed by atoms with van der Waals surface area (Å²) in [5, 5.41) is 0. The summed E-state index contributed by atoms with van der Waals surface area (Å²) >= 11 is 0. The van der Waals surface area contributed by atoms with Gasteiger partial charge in [-0.05, 0) is 77.0 Å². The molecule has 0 rings (SSSR count). The third-order valence-corrected chi connectivity index (χ3v) is 12.4. The lowest BCUT2D eigenvalue weighted by molar-refractivity contribution is -0.167. The van der Waals surface area contributed by atoms with Gasteiger partial charge in [0.25, 0.3) is 0 Å². The standard InChI is InChI=1S/C58H106O6/c1-4-7-10-13-16-19-22-25-28-29-31-33-36-39-42-45-48-51-57(60)63-54-55(53-62-56(59)50-47-44-41-38-35-32-27-24-21-18-15-12-9-6-3)64-58(61)52-49-46-43-40-37-34-30-26-23-20-17-14-11-8-5-2/h17,20,24,26-27,30,55H,4-16,18-19,21-23,25,28-29,31-54H2,1-3H3/b20-17-,27-24-,30-26-. The van der Waals surface area contributed by atoms with Gasteiger partial charge in [0.05, 0.1) is 0 Å². The van der Waals surface area contributed by atoms with Crippen molar-refractivity contribution >= 4 is 17.9 Å². The summed E-state index contributed by atoms with van der Waals surface area (Å²) in [4.78, 5) is 38.1. The van der Waals surface area contributed by atoms with Gasteiger partial charge in [-0.25, -0.2) is 0 Å². The van der Waals surface area contributed by atoms with Gasteiger partial charge in [0.2, 0.25) is 0 Å². The summed E-state index contributed by atoms with van der Waals surface area (Å²) in [7, 11) is 0. The molecular weight excluding hydrogens is 793 g/mol. The fourth-order valence-corrected chi connectivity index (χ4v) is 8.12. The van der Waals surface area contributed by atoms with Crippen LogP contribution in [0.2, 0.25) is 0 Å². The summed E-state index contributed by atoms with van der Waals surface area (Å²) in [5.41, 5.74) is 0. The Bertz CT molecular complexity index is 1080. The number of unbranched alkanes of at least 4 members (excludes halogenated alkanes) is 34. The largest absolute Gasteiger partial charge is 0.462 e. The minimum absolute atomic E-state index is 0.0771. The van der Waals surface area contributed by atoms with Crippen LogP contribution in [0.5, 0.6) is 0 Å². The lowest BCUT2D eigenvalue weighted by Gasteiger charge is -2.18. The number of rotatable bonds is 51. The molecule has 0 bridgehead atoms. The molecule has 0 amide bonds. The molecule has 0 spiro atoms. The number of allylic oxidation sites excluding steroid dienone is 6. The van der Waals surface area contributed by atoms with Gasteiger partial charge < -0.3 is 14.2 Å². The maximum Gasteiger partial charge on any atom is 0.306 e. The summed E-state index contributed by atoms with van der Waals surface area (Å²) in [6.07, 6.45) is 62.7. The molecule has 64 heavy (non-hydrogen) atoms. The van der Waals surface area contributed by atoms with Crippen LogP contribution in [-0.2, 0) is 28.6 Å². The Morgan fingerprint density at radius 2 is 0.562 bits per heavy atom. The average Bonchev–Trinajstić information content (AvgIpc) is 3.29. The van der Waals surface area contributed by atoms with Crippen molar-refractivity contribution < 1.29 is 28.6 Å². The van der Waals surface area contributed by atoms with Gasteiger partial charge in [-0.15, -0.1) is 0 Å². The van der Waals surface area contributed by atoms with Gasteiger partial charge in [0, 0.05) is 19.3 Å². The molecule has 0 aliphatic carbocycles. The molecule has 6 heteroatoms. The van der Waals surface area contributed by atoms with Gasteiger partial charge in [-0.1, -0.05) is 237 Å². The summed E-state index contributed by atoms with van der Waals surface area (Å²) < 4.78 is 16.8. The second-order valence-corrected chi connectivity index (χ2v) is 18.8. The van der Waals surface area contributed by atoms with Gasteiger partial charge in [-0.2, -0.15) is 0 Å². The maximum absolute atomic E-state index is 12.8. The fraction of sp³-hybridized carbons (Fsp3) is 0.845. The lowest BCUT2D eigenvalue weighted by atomic mass is 10.0. The van der Waals surface area contributed by atoms with Crippen LogP contribution in [0.4, 0.5) is 0 Å². The van der Waals surface area contributed by atoms with E-state index in [0.29, 0.717) is 19.3 Å². The van der Waals surface area contributed by atoms with Gasteiger partial charge >= 0.3 is 17.9 Å². The molecule has 1 unspecified atom stereocenters. The zero-order chi connectivity index (χ0) is 46.5. The summed E-state index contributed by atoms with van der Waals surface area (Å²) in [6, 6.07) is 0.